The third-order valence-electron chi connectivity index (χ3n) is 2.09. The number of hydrogen-bond donors (Lipinski definition) is 0. The van der Waals surface area contributed by atoms with Crippen molar-refractivity contribution in [1.29, 1.82) is 0 Å². The number of amides is 1. The van der Waals surface area contributed by atoms with Crippen LogP contribution in [0.4, 0.5) is 9.18 Å². The number of hydrogen-bond acceptors (Lipinski definition) is 4. The molecule has 0 aromatic rings. The van der Waals surface area contributed by atoms with E-state index in [4.69, 9.17) is 4.74 Å². The second kappa shape index (κ2) is 3.92. The average Bonchev–Trinajstić information content (AvgIpc) is 2.08. The predicted molar refractivity (Wildman–Crippen MR) is 53.7 cm³/mol. The number of carbonyl (C=O) groups excluding carboxylic acids is 2. The Balaban J connectivity index is 2.47. The van der Waals surface area contributed by atoms with Crippen molar-refractivity contribution in [2.45, 2.75) is 32.0 Å². The number of ether oxygens (including phenoxy) is 2. The van der Waals surface area contributed by atoms with Gasteiger partial charge in [-0.25, -0.2) is 14.0 Å². The zero-order valence-electron chi connectivity index (χ0n) is 9.87. The summed E-state index contributed by atoms with van der Waals surface area (Å²) in [6, 6.07) is 0. The summed E-state index contributed by atoms with van der Waals surface area (Å²) in [5, 5.41) is 0. The molecule has 0 saturated carbocycles. The van der Waals surface area contributed by atoms with Gasteiger partial charge < -0.3 is 14.4 Å². The van der Waals surface area contributed by atoms with Gasteiger partial charge in [0.1, 0.15) is 5.60 Å². The van der Waals surface area contributed by atoms with Crippen LogP contribution in [0.2, 0.25) is 0 Å². The van der Waals surface area contributed by atoms with E-state index in [0.717, 1.165) is 12.0 Å². The van der Waals surface area contributed by atoms with Crippen LogP contribution in [0.15, 0.2) is 0 Å². The van der Waals surface area contributed by atoms with Crippen LogP contribution >= 0.6 is 0 Å². The molecule has 0 radical (unpaired) electrons. The van der Waals surface area contributed by atoms with Crippen molar-refractivity contribution < 1.29 is 23.5 Å². The summed E-state index contributed by atoms with van der Waals surface area (Å²) >= 11 is 0. The predicted octanol–water partition coefficient (Wildman–Crippen LogP) is 1.12. The fraction of sp³-hybridized carbons (Fsp3) is 0.800. The monoisotopic (exact) mass is 233 g/mol. The van der Waals surface area contributed by atoms with E-state index in [1.807, 2.05) is 0 Å². The summed E-state index contributed by atoms with van der Waals surface area (Å²) in [5.41, 5.74) is -2.71. The molecule has 5 nitrogen and oxygen atoms in total. The van der Waals surface area contributed by atoms with Crippen LogP contribution in [-0.2, 0) is 14.3 Å². The zero-order chi connectivity index (χ0) is 12.6. The Morgan fingerprint density at radius 2 is 1.81 bits per heavy atom. The lowest BCUT2D eigenvalue weighted by molar-refractivity contribution is -0.166. The molecule has 6 heteroatoms. The Labute approximate surface area is 93.5 Å². The lowest BCUT2D eigenvalue weighted by Gasteiger charge is -2.42. The zero-order valence-corrected chi connectivity index (χ0v) is 9.87. The van der Waals surface area contributed by atoms with E-state index >= 15 is 0 Å². The number of likely N-dealkylation sites (tertiary alicyclic amines) is 1. The molecule has 0 aromatic carbocycles. The number of halogens is 1. The van der Waals surface area contributed by atoms with Crippen molar-refractivity contribution in [3.8, 4) is 0 Å². The van der Waals surface area contributed by atoms with Gasteiger partial charge in [0.15, 0.2) is 0 Å². The van der Waals surface area contributed by atoms with E-state index in [9.17, 15) is 14.0 Å². The number of rotatable bonds is 1. The lowest BCUT2D eigenvalue weighted by atomic mass is 9.97. The molecule has 0 N–H and O–H groups in total. The summed E-state index contributed by atoms with van der Waals surface area (Å²) in [4.78, 5) is 23.5. The first-order chi connectivity index (χ1) is 7.18. The topological polar surface area (TPSA) is 55.8 Å². The summed E-state index contributed by atoms with van der Waals surface area (Å²) in [7, 11) is 1.11. The standard InChI is InChI=1S/C10H16FNO4/c1-9(2,3)16-8(14)12-5-10(11,6-12)7(13)15-4/h5-6H2,1-4H3. The maximum atomic E-state index is 13.6. The minimum absolute atomic E-state index is 0.311. The average molecular weight is 233 g/mol. The van der Waals surface area contributed by atoms with Crippen molar-refractivity contribution in [2.24, 2.45) is 0 Å². The van der Waals surface area contributed by atoms with Gasteiger partial charge in [-0.05, 0) is 20.8 Å². The van der Waals surface area contributed by atoms with Crippen molar-refractivity contribution in [3.63, 3.8) is 0 Å². The highest BCUT2D eigenvalue weighted by Gasteiger charge is 2.54. The quantitative estimate of drug-likeness (QED) is 0.637. The number of nitrogens with zero attached hydrogens (tertiary/aromatic N) is 1. The van der Waals surface area contributed by atoms with Crippen molar-refractivity contribution >= 4 is 12.1 Å². The fourth-order valence-electron chi connectivity index (χ4n) is 1.33. The van der Waals surface area contributed by atoms with Crippen LogP contribution in [0, 0.1) is 0 Å². The molecule has 1 fully saturated rings. The second-order valence-electron chi connectivity index (χ2n) is 4.79. The molecule has 1 saturated heterocycles. The van der Waals surface area contributed by atoms with Crippen LogP contribution in [-0.4, -0.2) is 48.4 Å². The van der Waals surface area contributed by atoms with Gasteiger partial charge in [0.2, 0.25) is 5.67 Å². The maximum absolute atomic E-state index is 13.6. The molecule has 1 heterocycles. The first-order valence-electron chi connectivity index (χ1n) is 4.93. The van der Waals surface area contributed by atoms with Gasteiger partial charge in [-0.1, -0.05) is 0 Å². The third-order valence-corrected chi connectivity index (χ3v) is 2.09. The Hall–Kier alpha value is -1.33. The van der Waals surface area contributed by atoms with E-state index < -0.39 is 23.3 Å². The Morgan fingerprint density at radius 1 is 1.31 bits per heavy atom. The normalized spacial score (nSPS) is 18.7. The largest absolute Gasteiger partial charge is 0.467 e. The minimum Gasteiger partial charge on any atom is -0.467 e. The van der Waals surface area contributed by atoms with Gasteiger partial charge >= 0.3 is 12.1 Å². The van der Waals surface area contributed by atoms with Crippen molar-refractivity contribution in [3.05, 3.63) is 0 Å². The van der Waals surface area contributed by atoms with Gasteiger partial charge in [0, 0.05) is 0 Å². The van der Waals surface area contributed by atoms with Gasteiger partial charge in [0.25, 0.3) is 0 Å². The van der Waals surface area contributed by atoms with E-state index in [0.29, 0.717) is 0 Å². The molecule has 1 amide bonds. The highest BCUT2D eigenvalue weighted by Crippen LogP contribution is 2.28. The Morgan fingerprint density at radius 3 is 2.19 bits per heavy atom. The lowest BCUT2D eigenvalue weighted by Crippen LogP contribution is -2.65. The second-order valence-corrected chi connectivity index (χ2v) is 4.79. The number of methoxy groups -OCH3 is 1. The van der Waals surface area contributed by atoms with Gasteiger partial charge in [0.05, 0.1) is 20.2 Å². The molecule has 0 unspecified atom stereocenters. The molecule has 16 heavy (non-hydrogen) atoms. The van der Waals surface area contributed by atoms with E-state index in [1.54, 1.807) is 20.8 Å². The maximum Gasteiger partial charge on any atom is 0.410 e. The molecule has 0 bridgehead atoms. The van der Waals surface area contributed by atoms with Gasteiger partial charge in [-0.2, -0.15) is 0 Å². The number of carbonyl (C=O) groups is 2. The smallest absolute Gasteiger partial charge is 0.410 e. The highest BCUT2D eigenvalue weighted by molar-refractivity contribution is 5.84. The van der Waals surface area contributed by atoms with Crippen LogP contribution in [0.25, 0.3) is 0 Å². The number of esters is 1. The molecule has 92 valence electrons. The van der Waals surface area contributed by atoms with Crippen molar-refractivity contribution in [2.75, 3.05) is 20.2 Å². The Kier molecular flexibility index (Phi) is 3.12. The molecular weight excluding hydrogens is 217 g/mol. The molecule has 1 rings (SSSR count). The molecule has 0 aromatic heterocycles. The molecule has 0 spiro atoms. The Bertz CT molecular complexity index is 304. The van der Waals surface area contributed by atoms with Crippen LogP contribution < -0.4 is 0 Å². The van der Waals surface area contributed by atoms with Crippen LogP contribution in [0.3, 0.4) is 0 Å². The van der Waals surface area contributed by atoms with E-state index in [1.165, 1.54) is 0 Å². The van der Waals surface area contributed by atoms with E-state index in [-0.39, 0.29) is 13.1 Å². The summed E-state index contributed by atoms with van der Waals surface area (Å²) in [6.45, 7) is 4.53. The van der Waals surface area contributed by atoms with E-state index in [2.05, 4.69) is 4.74 Å². The first kappa shape index (κ1) is 12.7. The van der Waals surface area contributed by atoms with Crippen LogP contribution in [0.1, 0.15) is 20.8 Å². The molecular formula is C10H16FNO4. The molecule has 0 atom stereocenters. The summed E-state index contributed by atoms with van der Waals surface area (Å²) in [6.07, 6.45) is -0.621. The minimum atomic E-state index is -2.08. The molecule has 1 aliphatic rings. The highest BCUT2D eigenvalue weighted by atomic mass is 19.1. The fourth-order valence-corrected chi connectivity index (χ4v) is 1.33. The van der Waals surface area contributed by atoms with Crippen molar-refractivity contribution in [1.82, 2.24) is 4.90 Å². The summed E-state index contributed by atoms with van der Waals surface area (Å²) in [5.74, 6) is -0.952. The SMILES string of the molecule is COC(=O)C1(F)CN(C(=O)OC(C)(C)C)C1. The summed E-state index contributed by atoms with van der Waals surface area (Å²) < 4.78 is 22.9. The first-order valence-corrected chi connectivity index (χ1v) is 4.93. The van der Waals surface area contributed by atoms with Gasteiger partial charge in [-0.3, -0.25) is 0 Å². The molecule has 1 aliphatic heterocycles. The van der Waals surface area contributed by atoms with Gasteiger partial charge in [-0.15, -0.1) is 0 Å². The number of alkyl halides is 1. The third kappa shape index (κ3) is 2.62. The van der Waals surface area contributed by atoms with Crippen LogP contribution in [0.5, 0.6) is 0 Å². The molecule has 0 aliphatic carbocycles.